The molecule has 5 heteroatoms. The van der Waals surface area contributed by atoms with Gasteiger partial charge in [-0.2, -0.15) is 13.2 Å². The van der Waals surface area contributed by atoms with Crippen LogP contribution in [-0.2, 0) is 6.18 Å². The molecule has 0 saturated carbocycles. The van der Waals surface area contributed by atoms with Gasteiger partial charge >= 0.3 is 6.18 Å². The zero-order chi connectivity index (χ0) is 17.2. The van der Waals surface area contributed by atoms with Crippen LogP contribution in [0.2, 0.25) is 0 Å². The molecule has 24 heavy (non-hydrogen) atoms. The van der Waals surface area contributed by atoms with Gasteiger partial charge in [0.15, 0.2) is 0 Å². The molecular formula is C19H16F3NO. The highest BCUT2D eigenvalue weighted by Gasteiger charge is 2.31. The second-order valence-electron chi connectivity index (χ2n) is 5.51. The third kappa shape index (κ3) is 3.45. The van der Waals surface area contributed by atoms with Gasteiger partial charge in [0.1, 0.15) is 5.76 Å². The van der Waals surface area contributed by atoms with E-state index in [0.717, 1.165) is 17.7 Å². The van der Waals surface area contributed by atoms with Crippen LogP contribution in [-0.4, -0.2) is 0 Å². The van der Waals surface area contributed by atoms with Crippen LogP contribution in [0.15, 0.2) is 71.3 Å². The lowest BCUT2D eigenvalue weighted by Crippen LogP contribution is -2.09. The first kappa shape index (κ1) is 16.2. The van der Waals surface area contributed by atoms with Crippen LogP contribution >= 0.6 is 0 Å². The number of anilines is 1. The van der Waals surface area contributed by atoms with Crippen LogP contribution in [0.3, 0.4) is 0 Å². The highest BCUT2D eigenvalue weighted by molar-refractivity contribution is 5.76. The Morgan fingerprint density at radius 1 is 0.958 bits per heavy atom. The van der Waals surface area contributed by atoms with E-state index in [4.69, 9.17) is 4.42 Å². The summed E-state index contributed by atoms with van der Waals surface area (Å²) < 4.78 is 44.4. The largest absolute Gasteiger partial charge is 0.464 e. The minimum atomic E-state index is -4.40. The van der Waals surface area contributed by atoms with E-state index in [1.54, 1.807) is 12.1 Å². The molecular weight excluding hydrogens is 315 g/mol. The summed E-state index contributed by atoms with van der Waals surface area (Å²) in [5.41, 5.74) is 1.32. The van der Waals surface area contributed by atoms with Gasteiger partial charge in [0.25, 0.3) is 0 Å². The Bertz CT molecular complexity index is 795. The Labute approximate surface area is 137 Å². The van der Waals surface area contributed by atoms with E-state index in [0.29, 0.717) is 17.0 Å². The van der Waals surface area contributed by atoms with Gasteiger partial charge in [0, 0.05) is 17.3 Å². The molecule has 0 spiro atoms. The summed E-state index contributed by atoms with van der Waals surface area (Å²) >= 11 is 0. The molecule has 0 aliphatic rings. The van der Waals surface area contributed by atoms with E-state index in [9.17, 15) is 13.2 Å². The molecule has 3 rings (SSSR count). The first-order chi connectivity index (χ1) is 11.4. The van der Waals surface area contributed by atoms with Crippen LogP contribution in [0, 0.1) is 0 Å². The molecule has 0 bridgehead atoms. The van der Waals surface area contributed by atoms with Crippen molar-refractivity contribution in [2.75, 3.05) is 5.32 Å². The van der Waals surface area contributed by atoms with E-state index < -0.39 is 11.7 Å². The average Bonchev–Trinajstić information content (AvgIpc) is 3.09. The molecule has 1 heterocycles. The topological polar surface area (TPSA) is 25.2 Å². The third-order valence-corrected chi connectivity index (χ3v) is 3.81. The second-order valence-corrected chi connectivity index (χ2v) is 5.51. The maximum absolute atomic E-state index is 13.0. The summed E-state index contributed by atoms with van der Waals surface area (Å²) in [6.45, 7) is 1.96. The lowest BCUT2D eigenvalue weighted by atomic mass is 10.0. The molecule has 1 aromatic heterocycles. The molecule has 0 amide bonds. The Hall–Kier alpha value is -2.69. The zero-order valence-corrected chi connectivity index (χ0v) is 13.0. The van der Waals surface area contributed by atoms with Crippen LogP contribution in [0.1, 0.15) is 24.1 Å². The van der Waals surface area contributed by atoms with Crippen LogP contribution in [0.5, 0.6) is 0 Å². The minimum absolute atomic E-state index is 0.0587. The third-order valence-electron chi connectivity index (χ3n) is 3.81. The fraction of sp³-hybridized carbons (Fsp3) is 0.158. The summed E-state index contributed by atoms with van der Waals surface area (Å²) in [5, 5.41) is 3.27. The molecule has 0 fully saturated rings. The van der Waals surface area contributed by atoms with Crippen molar-refractivity contribution in [1.29, 1.82) is 0 Å². The fourth-order valence-electron chi connectivity index (χ4n) is 2.54. The Balaban J connectivity index is 1.98. The van der Waals surface area contributed by atoms with Gasteiger partial charge in [-0.05, 0) is 42.8 Å². The number of benzene rings is 2. The van der Waals surface area contributed by atoms with Crippen LogP contribution in [0.4, 0.5) is 18.9 Å². The Kier molecular flexibility index (Phi) is 4.34. The number of hydrogen-bond donors (Lipinski definition) is 1. The number of hydrogen-bond acceptors (Lipinski definition) is 2. The average molecular weight is 331 g/mol. The standard InChI is InChI=1S/C19H16F3NO/c1-13(14-6-3-2-4-7-14)23-17-10-9-15(19(20,21)22)12-16(17)18-8-5-11-24-18/h2-13,23H,1H3. The Morgan fingerprint density at radius 3 is 2.33 bits per heavy atom. The molecule has 1 N–H and O–H groups in total. The van der Waals surface area contributed by atoms with E-state index in [1.165, 1.54) is 12.3 Å². The van der Waals surface area contributed by atoms with Gasteiger partial charge in [-0.3, -0.25) is 0 Å². The van der Waals surface area contributed by atoms with E-state index in [1.807, 2.05) is 37.3 Å². The van der Waals surface area contributed by atoms with Gasteiger partial charge in [0.05, 0.1) is 11.8 Å². The lowest BCUT2D eigenvalue weighted by Gasteiger charge is -2.19. The second kappa shape index (κ2) is 6.43. The minimum Gasteiger partial charge on any atom is -0.464 e. The van der Waals surface area contributed by atoms with Crippen molar-refractivity contribution in [2.45, 2.75) is 19.1 Å². The van der Waals surface area contributed by atoms with Crippen molar-refractivity contribution in [2.24, 2.45) is 0 Å². The first-order valence-electron chi connectivity index (χ1n) is 7.52. The van der Waals surface area contributed by atoms with Crippen molar-refractivity contribution in [3.63, 3.8) is 0 Å². The van der Waals surface area contributed by atoms with Gasteiger partial charge in [-0.1, -0.05) is 30.3 Å². The molecule has 0 aliphatic carbocycles. The molecule has 0 aliphatic heterocycles. The smallest absolute Gasteiger partial charge is 0.416 e. The summed E-state index contributed by atoms with van der Waals surface area (Å²) in [7, 11) is 0. The monoisotopic (exact) mass is 331 g/mol. The predicted octanol–water partition coefficient (Wildman–Crippen LogP) is 6.14. The van der Waals surface area contributed by atoms with Gasteiger partial charge < -0.3 is 9.73 Å². The van der Waals surface area contributed by atoms with E-state index in [-0.39, 0.29) is 6.04 Å². The fourth-order valence-corrected chi connectivity index (χ4v) is 2.54. The number of rotatable bonds is 4. The highest BCUT2D eigenvalue weighted by atomic mass is 19.4. The van der Waals surface area contributed by atoms with Gasteiger partial charge in [-0.15, -0.1) is 0 Å². The van der Waals surface area contributed by atoms with E-state index in [2.05, 4.69) is 5.32 Å². The van der Waals surface area contributed by atoms with Crippen molar-refractivity contribution < 1.29 is 17.6 Å². The normalized spacial score (nSPS) is 12.8. The molecule has 2 nitrogen and oxygen atoms in total. The summed E-state index contributed by atoms with van der Waals surface area (Å²) in [4.78, 5) is 0. The van der Waals surface area contributed by atoms with Crippen LogP contribution < -0.4 is 5.32 Å². The molecule has 1 atom stereocenters. The lowest BCUT2D eigenvalue weighted by molar-refractivity contribution is -0.137. The first-order valence-corrected chi connectivity index (χ1v) is 7.52. The summed E-state index contributed by atoms with van der Waals surface area (Å²) in [5.74, 6) is 0.392. The number of nitrogens with one attached hydrogen (secondary N) is 1. The van der Waals surface area contributed by atoms with Crippen molar-refractivity contribution in [3.05, 3.63) is 78.1 Å². The molecule has 0 saturated heterocycles. The number of alkyl halides is 3. The number of halogens is 3. The van der Waals surface area contributed by atoms with Crippen molar-refractivity contribution in [1.82, 2.24) is 0 Å². The quantitative estimate of drug-likeness (QED) is 0.621. The summed E-state index contributed by atoms with van der Waals surface area (Å²) in [6, 6.07) is 16.6. The molecule has 1 unspecified atom stereocenters. The van der Waals surface area contributed by atoms with Crippen molar-refractivity contribution in [3.8, 4) is 11.3 Å². The van der Waals surface area contributed by atoms with Gasteiger partial charge in [-0.25, -0.2) is 0 Å². The van der Waals surface area contributed by atoms with Crippen molar-refractivity contribution >= 4 is 5.69 Å². The number of furan rings is 1. The van der Waals surface area contributed by atoms with Crippen LogP contribution in [0.25, 0.3) is 11.3 Å². The molecule has 0 radical (unpaired) electrons. The maximum Gasteiger partial charge on any atom is 0.416 e. The van der Waals surface area contributed by atoms with E-state index >= 15 is 0 Å². The molecule has 3 aromatic rings. The highest BCUT2D eigenvalue weighted by Crippen LogP contribution is 2.37. The predicted molar refractivity (Wildman–Crippen MR) is 87.6 cm³/mol. The Morgan fingerprint density at radius 2 is 1.71 bits per heavy atom. The zero-order valence-electron chi connectivity index (χ0n) is 13.0. The molecule has 124 valence electrons. The van der Waals surface area contributed by atoms with Gasteiger partial charge in [0.2, 0.25) is 0 Å². The molecule has 2 aromatic carbocycles. The SMILES string of the molecule is CC(Nc1ccc(C(F)(F)F)cc1-c1ccco1)c1ccccc1. The summed E-state index contributed by atoms with van der Waals surface area (Å²) in [6.07, 6.45) is -2.95. The maximum atomic E-state index is 13.0.